The molecule has 2 atom stereocenters. The van der Waals surface area contributed by atoms with E-state index in [9.17, 15) is 0 Å². The number of rotatable bonds is 8. The highest BCUT2D eigenvalue weighted by Gasteiger charge is 2.31. The van der Waals surface area contributed by atoms with Gasteiger partial charge in [0.2, 0.25) is 0 Å². The number of aliphatic imine (C=N–C) groups is 2. The van der Waals surface area contributed by atoms with Gasteiger partial charge in [0, 0.05) is 22.2 Å². The van der Waals surface area contributed by atoms with Crippen LogP contribution in [-0.2, 0) is 0 Å². The van der Waals surface area contributed by atoms with E-state index in [1.807, 2.05) is 0 Å². The minimum absolute atomic E-state index is 0.127. The Bertz CT molecular complexity index is 1140. The summed E-state index contributed by atoms with van der Waals surface area (Å²) in [5.74, 6) is 3.83. The zero-order valence-corrected chi connectivity index (χ0v) is 30.7. The van der Waals surface area contributed by atoms with Crippen LogP contribution in [0.1, 0.15) is 169 Å². The van der Waals surface area contributed by atoms with Gasteiger partial charge in [-0.15, -0.1) is 0 Å². The Labute approximate surface area is 271 Å². The lowest BCUT2D eigenvalue weighted by Gasteiger charge is -2.34. The van der Waals surface area contributed by atoms with Gasteiger partial charge in [-0.25, -0.2) is 0 Å². The Balaban J connectivity index is 2.11. The van der Waals surface area contributed by atoms with Crippen LogP contribution in [0.5, 0.6) is 0 Å². The van der Waals surface area contributed by atoms with Gasteiger partial charge in [-0.05, 0) is 58.8 Å². The molecule has 0 radical (unpaired) electrons. The van der Waals surface area contributed by atoms with Crippen LogP contribution in [0.25, 0.3) is 0 Å². The molecule has 3 rings (SSSR count). The van der Waals surface area contributed by atoms with Crippen LogP contribution in [-0.4, -0.2) is 23.8 Å². The second-order valence-electron chi connectivity index (χ2n) is 16.4. The summed E-state index contributed by atoms with van der Waals surface area (Å²) in [7, 11) is 0. The Morgan fingerprint density at radius 2 is 0.818 bits per heavy atom. The number of amidine groups is 2. The molecule has 0 heterocycles. The second kappa shape index (κ2) is 14.6. The first-order valence-corrected chi connectivity index (χ1v) is 17.4. The first-order valence-electron chi connectivity index (χ1n) is 17.4. The molecule has 2 aromatic rings. The average molecular weight is 601 g/mol. The summed E-state index contributed by atoms with van der Waals surface area (Å²) in [6, 6.07) is 13.8. The van der Waals surface area contributed by atoms with E-state index in [4.69, 9.17) is 9.98 Å². The van der Waals surface area contributed by atoms with Crippen molar-refractivity contribution in [3.8, 4) is 0 Å². The van der Waals surface area contributed by atoms with Crippen LogP contribution in [0.3, 0.4) is 0 Å². The number of hydrogen-bond donors (Lipinski definition) is 2. The van der Waals surface area contributed by atoms with E-state index in [-0.39, 0.29) is 22.9 Å². The zero-order valence-electron chi connectivity index (χ0n) is 30.7. The molecule has 0 saturated heterocycles. The van der Waals surface area contributed by atoms with E-state index in [0.717, 1.165) is 24.5 Å². The van der Waals surface area contributed by atoms with E-state index in [0.29, 0.717) is 23.7 Å². The fourth-order valence-electron chi connectivity index (χ4n) is 6.18. The molecular weight excluding hydrogens is 536 g/mol. The highest BCUT2D eigenvalue weighted by atomic mass is 15.1. The highest BCUT2D eigenvalue weighted by Crippen LogP contribution is 2.37. The molecular formula is C40H64N4. The number of nitrogens with one attached hydrogen (secondary N) is 2. The molecule has 0 unspecified atom stereocenters. The van der Waals surface area contributed by atoms with Crippen molar-refractivity contribution in [2.45, 2.75) is 158 Å². The molecule has 0 amide bonds. The van der Waals surface area contributed by atoms with Gasteiger partial charge in [0.25, 0.3) is 0 Å². The molecule has 244 valence electrons. The molecule has 0 aromatic heterocycles. The lowest BCUT2D eigenvalue weighted by atomic mass is 9.87. The largest absolute Gasteiger partial charge is 0.343 e. The summed E-state index contributed by atoms with van der Waals surface area (Å²) in [6.07, 6.45) is 4.53. The predicted molar refractivity (Wildman–Crippen MR) is 196 cm³/mol. The third kappa shape index (κ3) is 8.98. The lowest BCUT2D eigenvalue weighted by molar-refractivity contribution is 0.382. The van der Waals surface area contributed by atoms with Crippen LogP contribution in [0.15, 0.2) is 46.4 Å². The third-order valence-corrected chi connectivity index (χ3v) is 8.94. The topological polar surface area (TPSA) is 48.8 Å². The average Bonchev–Trinajstić information content (AvgIpc) is 2.91. The molecule has 1 aliphatic rings. The normalized spacial score (nSPS) is 19.0. The lowest BCUT2D eigenvalue weighted by Crippen LogP contribution is -2.37. The van der Waals surface area contributed by atoms with Crippen molar-refractivity contribution in [3.63, 3.8) is 0 Å². The van der Waals surface area contributed by atoms with Gasteiger partial charge in [-0.1, -0.05) is 146 Å². The Hall–Kier alpha value is -2.62. The van der Waals surface area contributed by atoms with Crippen molar-refractivity contribution >= 4 is 23.0 Å². The van der Waals surface area contributed by atoms with E-state index in [1.54, 1.807) is 0 Å². The Morgan fingerprint density at radius 1 is 0.545 bits per heavy atom. The van der Waals surface area contributed by atoms with Crippen LogP contribution in [0.2, 0.25) is 0 Å². The molecule has 0 bridgehead atoms. The van der Waals surface area contributed by atoms with Gasteiger partial charge in [-0.3, -0.25) is 9.98 Å². The van der Waals surface area contributed by atoms with Crippen molar-refractivity contribution < 1.29 is 0 Å². The zero-order chi connectivity index (χ0) is 33.0. The first-order chi connectivity index (χ1) is 20.4. The van der Waals surface area contributed by atoms with E-state index >= 15 is 0 Å². The van der Waals surface area contributed by atoms with Crippen molar-refractivity contribution in [2.75, 3.05) is 10.6 Å². The summed E-state index contributed by atoms with van der Waals surface area (Å²) >= 11 is 0. The molecule has 1 aliphatic carbocycles. The number of anilines is 2. The summed E-state index contributed by atoms with van der Waals surface area (Å²) < 4.78 is 0. The smallest absolute Gasteiger partial charge is 0.107 e. The number of nitrogens with zero attached hydrogens (tertiary/aromatic N) is 2. The maximum absolute atomic E-state index is 5.59. The molecule has 2 N–H and O–H groups in total. The Kier molecular flexibility index (Phi) is 11.9. The second-order valence-corrected chi connectivity index (χ2v) is 16.4. The number of benzene rings is 2. The fourth-order valence-corrected chi connectivity index (χ4v) is 6.18. The van der Waals surface area contributed by atoms with Gasteiger partial charge in [0.05, 0.1) is 12.1 Å². The van der Waals surface area contributed by atoms with Crippen molar-refractivity contribution in [3.05, 3.63) is 58.7 Å². The maximum atomic E-state index is 5.59. The summed E-state index contributed by atoms with van der Waals surface area (Å²) in [5, 5.41) is 7.87. The standard InChI is InChI=1S/C40H64N4/c1-25(2)29-19-17-20-30(26(3)4)35(29)43-37(39(9,10)11)41-33-23-15-16-24-34(33)42-38(40(12,13)14)44-36-31(27(5)6)21-18-22-32(36)28(7)8/h17-22,25-28,33-34H,15-16,23-24H2,1-14H3,(H,41,43)(H,42,44)/t33-,34-/m1/s1. The first kappa shape index (κ1) is 35.9. The molecule has 1 fully saturated rings. The van der Waals surface area contributed by atoms with Crippen molar-refractivity contribution in [1.29, 1.82) is 0 Å². The Morgan fingerprint density at radius 3 is 1.05 bits per heavy atom. The molecule has 0 spiro atoms. The minimum Gasteiger partial charge on any atom is -0.343 e. The fraction of sp³-hybridized carbons (Fsp3) is 0.650. The van der Waals surface area contributed by atoms with Crippen LogP contribution in [0.4, 0.5) is 11.4 Å². The minimum atomic E-state index is -0.127. The van der Waals surface area contributed by atoms with Gasteiger partial charge in [0.15, 0.2) is 0 Å². The quantitative estimate of drug-likeness (QED) is 0.234. The maximum Gasteiger partial charge on any atom is 0.107 e. The van der Waals surface area contributed by atoms with Gasteiger partial charge in [0.1, 0.15) is 11.7 Å². The van der Waals surface area contributed by atoms with Gasteiger partial charge in [-0.2, -0.15) is 0 Å². The van der Waals surface area contributed by atoms with Gasteiger partial charge >= 0.3 is 0 Å². The number of para-hydroxylation sites is 2. The molecule has 2 aromatic carbocycles. The van der Waals surface area contributed by atoms with Crippen LogP contribution >= 0.6 is 0 Å². The summed E-state index contributed by atoms with van der Waals surface area (Å²) in [4.78, 5) is 11.2. The molecule has 4 nitrogen and oxygen atoms in total. The van der Waals surface area contributed by atoms with Gasteiger partial charge < -0.3 is 10.6 Å². The molecule has 1 saturated carbocycles. The molecule has 4 heteroatoms. The van der Waals surface area contributed by atoms with E-state index in [1.165, 1.54) is 46.5 Å². The third-order valence-electron chi connectivity index (χ3n) is 8.94. The SMILES string of the molecule is CC(C)c1cccc(C(C)C)c1NC(=N[C@@H]1CCCC[C@H]1N=C(Nc1c(C(C)C)cccc1C(C)C)C(C)(C)C)C(C)(C)C. The summed E-state index contributed by atoms with van der Waals surface area (Å²) in [5.41, 5.74) is 7.65. The van der Waals surface area contributed by atoms with E-state index in [2.05, 4.69) is 144 Å². The predicted octanol–water partition coefficient (Wildman–Crippen LogP) is 11.9. The van der Waals surface area contributed by atoms with Crippen molar-refractivity contribution in [1.82, 2.24) is 0 Å². The van der Waals surface area contributed by atoms with Crippen molar-refractivity contribution in [2.24, 2.45) is 20.8 Å². The molecule has 0 aliphatic heterocycles. The molecule has 44 heavy (non-hydrogen) atoms. The van der Waals surface area contributed by atoms with Crippen LogP contribution < -0.4 is 10.6 Å². The highest BCUT2D eigenvalue weighted by molar-refractivity contribution is 6.01. The summed E-state index contributed by atoms with van der Waals surface area (Å²) in [6.45, 7) is 32.0. The van der Waals surface area contributed by atoms with E-state index < -0.39 is 0 Å². The monoisotopic (exact) mass is 601 g/mol. The number of hydrogen-bond acceptors (Lipinski definition) is 2. The van der Waals surface area contributed by atoms with Crippen LogP contribution in [0, 0.1) is 10.8 Å².